The Morgan fingerprint density at radius 1 is 0.871 bits per heavy atom. The molecule has 5 heteroatoms. The molecule has 31 heavy (non-hydrogen) atoms. The van der Waals surface area contributed by atoms with Crippen molar-refractivity contribution in [1.82, 2.24) is 5.32 Å². The summed E-state index contributed by atoms with van der Waals surface area (Å²) in [6, 6.07) is 27.7. The van der Waals surface area contributed by atoms with E-state index >= 15 is 0 Å². The molecule has 0 aliphatic carbocycles. The molecular weight excluding hydrogens is 386 g/mol. The molecule has 0 fully saturated rings. The fourth-order valence-corrected chi connectivity index (χ4v) is 3.96. The highest BCUT2D eigenvalue weighted by Crippen LogP contribution is 2.34. The second-order valence-corrected chi connectivity index (χ2v) is 7.94. The highest BCUT2D eigenvalue weighted by atomic mass is 16.2. The summed E-state index contributed by atoms with van der Waals surface area (Å²) in [4.78, 5) is 29.8. The Morgan fingerprint density at radius 2 is 1.45 bits per heavy atom. The molecule has 0 aromatic heterocycles. The summed E-state index contributed by atoms with van der Waals surface area (Å²) in [5.41, 5.74) is 3.89. The standard InChI is InChI=1S/C26H27N3O2/c1-20-17-28(19-25(30)27-16-21-10-4-2-5-11-21)23-14-8-9-15-24(23)29(26(20)31)18-22-12-6-3-7-13-22/h2-15,20H,16-19H2,1H3,(H,27,30). The molecule has 3 aromatic carbocycles. The van der Waals surface area contributed by atoms with Crippen LogP contribution in [-0.4, -0.2) is 24.9 Å². The lowest BCUT2D eigenvalue weighted by Gasteiger charge is -2.26. The van der Waals surface area contributed by atoms with Crippen LogP contribution in [0.15, 0.2) is 84.9 Å². The van der Waals surface area contributed by atoms with E-state index in [4.69, 9.17) is 0 Å². The van der Waals surface area contributed by atoms with Crippen LogP contribution in [0.2, 0.25) is 0 Å². The summed E-state index contributed by atoms with van der Waals surface area (Å²) in [6.07, 6.45) is 0. The van der Waals surface area contributed by atoms with Gasteiger partial charge in [0.15, 0.2) is 0 Å². The maximum Gasteiger partial charge on any atom is 0.239 e. The van der Waals surface area contributed by atoms with Crippen LogP contribution >= 0.6 is 0 Å². The third-order valence-corrected chi connectivity index (χ3v) is 5.55. The van der Waals surface area contributed by atoms with Gasteiger partial charge >= 0.3 is 0 Å². The number of hydrogen-bond donors (Lipinski definition) is 1. The molecule has 158 valence electrons. The van der Waals surface area contributed by atoms with Crippen LogP contribution in [0, 0.1) is 5.92 Å². The topological polar surface area (TPSA) is 52.7 Å². The highest BCUT2D eigenvalue weighted by molar-refractivity contribution is 6.00. The summed E-state index contributed by atoms with van der Waals surface area (Å²) < 4.78 is 0. The number of nitrogens with one attached hydrogen (secondary N) is 1. The number of benzene rings is 3. The van der Waals surface area contributed by atoms with E-state index in [0.29, 0.717) is 19.6 Å². The first kappa shape index (κ1) is 20.7. The van der Waals surface area contributed by atoms with Crippen LogP contribution in [0.25, 0.3) is 0 Å². The van der Waals surface area contributed by atoms with Gasteiger partial charge in [0.2, 0.25) is 11.8 Å². The molecule has 0 radical (unpaired) electrons. The molecule has 0 saturated heterocycles. The third-order valence-electron chi connectivity index (χ3n) is 5.55. The molecule has 1 unspecified atom stereocenters. The lowest BCUT2D eigenvalue weighted by Crippen LogP contribution is -2.40. The van der Waals surface area contributed by atoms with E-state index in [9.17, 15) is 9.59 Å². The van der Waals surface area contributed by atoms with Crippen molar-refractivity contribution >= 4 is 23.2 Å². The van der Waals surface area contributed by atoms with Crippen molar-refractivity contribution in [1.29, 1.82) is 0 Å². The van der Waals surface area contributed by atoms with Gasteiger partial charge in [-0.2, -0.15) is 0 Å². The zero-order valence-corrected chi connectivity index (χ0v) is 17.7. The average molecular weight is 414 g/mol. The molecule has 1 N–H and O–H groups in total. The first-order valence-corrected chi connectivity index (χ1v) is 10.6. The molecule has 3 aromatic rings. The lowest BCUT2D eigenvalue weighted by atomic mass is 10.1. The Bertz CT molecular complexity index is 1040. The first-order valence-electron chi connectivity index (χ1n) is 10.6. The Kier molecular flexibility index (Phi) is 6.32. The zero-order valence-electron chi connectivity index (χ0n) is 17.7. The zero-order chi connectivity index (χ0) is 21.6. The molecule has 4 rings (SSSR count). The monoisotopic (exact) mass is 413 g/mol. The molecular formula is C26H27N3O2. The van der Waals surface area contributed by atoms with Gasteiger partial charge in [-0.1, -0.05) is 79.7 Å². The van der Waals surface area contributed by atoms with Gasteiger partial charge in [-0.25, -0.2) is 0 Å². The van der Waals surface area contributed by atoms with E-state index in [1.165, 1.54) is 0 Å². The van der Waals surface area contributed by atoms with Gasteiger partial charge in [-0.05, 0) is 23.3 Å². The predicted octanol–water partition coefficient (Wildman–Crippen LogP) is 3.99. The number of rotatable bonds is 6. The van der Waals surface area contributed by atoms with Gasteiger partial charge in [-0.3, -0.25) is 9.59 Å². The minimum atomic E-state index is -0.224. The van der Waals surface area contributed by atoms with Gasteiger partial charge < -0.3 is 15.1 Å². The van der Waals surface area contributed by atoms with Crippen molar-refractivity contribution in [2.75, 3.05) is 22.9 Å². The third kappa shape index (κ3) is 4.94. The fourth-order valence-electron chi connectivity index (χ4n) is 3.96. The molecule has 1 aliphatic rings. The minimum absolute atomic E-state index is 0.0604. The van der Waals surface area contributed by atoms with Crippen molar-refractivity contribution in [2.45, 2.75) is 20.0 Å². The van der Waals surface area contributed by atoms with Crippen LogP contribution in [0.4, 0.5) is 11.4 Å². The largest absolute Gasteiger partial charge is 0.360 e. The number of carbonyl (C=O) groups is 2. The summed E-state index contributed by atoms with van der Waals surface area (Å²) in [5, 5.41) is 3.00. The Hall–Kier alpha value is -3.60. The van der Waals surface area contributed by atoms with E-state index in [1.807, 2.05) is 102 Å². The van der Waals surface area contributed by atoms with Crippen LogP contribution in [0.5, 0.6) is 0 Å². The number of hydrogen-bond acceptors (Lipinski definition) is 3. The van der Waals surface area contributed by atoms with Crippen molar-refractivity contribution in [3.8, 4) is 0 Å². The molecule has 0 spiro atoms. The molecule has 0 bridgehead atoms. The van der Waals surface area contributed by atoms with E-state index in [0.717, 1.165) is 22.5 Å². The van der Waals surface area contributed by atoms with E-state index < -0.39 is 0 Å². The fraction of sp³-hybridized carbons (Fsp3) is 0.231. The summed E-state index contributed by atoms with van der Waals surface area (Å²) >= 11 is 0. The van der Waals surface area contributed by atoms with E-state index in [1.54, 1.807) is 0 Å². The van der Waals surface area contributed by atoms with Gasteiger partial charge in [0, 0.05) is 13.1 Å². The van der Waals surface area contributed by atoms with Crippen molar-refractivity contribution in [2.24, 2.45) is 5.92 Å². The van der Waals surface area contributed by atoms with Gasteiger partial charge in [-0.15, -0.1) is 0 Å². The normalized spacial score (nSPS) is 15.9. The maximum absolute atomic E-state index is 13.3. The van der Waals surface area contributed by atoms with Gasteiger partial charge in [0.05, 0.1) is 30.4 Å². The first-order chi connectivity index (χ1) is 15.1. The van der Waals surface area contributed by atoms with Crippen LogP contribution in [-0.2, 0) is 22.7 Å². The average Bonchev–Trinajstić information content (AvgIpc) is 2.90. The second-order valence-electron chi connectivity index (χ2n) is 7.94. The number of nitrogens with zero attached hydrogens (tertiary/aromatic N) is 2. The Morgan fingerprint density at radius 3 is 2.13 bits per heavy atom. The number of para-hydroxylation sites is 2. The summed E-state index contributed by atoms with van der Waals surface area (Å²) in [7, 11) is 0. The highest BCUT2D eigenvalue weighted by Gasteiger charge is 2.31. The predicted molar refractivity (Wildman–Crippen MR) is 124 cm³/mol. The van der Waals surface area contributed by atoms with Crippen LogP contribution < -0.4 is 15.1 Å². The Labute approximate surface area is 183 Å². The quantitative estimate of drug-likeness (QED) is 0.665. The molecule has 1 heterocycles. The van der Waals surface area contributed by atoms with Crippen molar-refractivity contribution < 1.29 is 9.59 Å². The molecule has 1 aliphatic heterocycles. The summed E-state index contributed by atoms with van der Waals surface area (Å²) in [6.45, 7) is 3.64. The number of amides is 2. The second kappa shape index (κ2) is 9.47. The van der Waals surface area contributed by atoms with E-state index in [2.05, 4.69) is 5.32 Å². The molecule has 5 nitrogen and oxygen atoms in total. The van der Waals surface area contributed by atoms with E-state index in [-0.39, 0.29) is 24.3 Å². The van der Waals surface area contributed by atoms with Crippen molar-refractivity contribution in [3.05, 3.63) is 96.1 Å². The molecule has 1 atom stereocenters. The Balaban J connectivity index is 1.54. The number of anilines is 2. The smallest absolute Gasteiger partial charge is 0.239 e. The number of fused-ring (bicyclic) bond motifs is 1. The summed E-state index contributed by atoms with van der Waals surface area (Å²) in [5.74, 6) is -0.212. The van der Waals surface area contributed by atoms with Crippen LogP contribution in [0.1, 0.15) is 18.1 Å². The lowest BCUT2D eigenvalue weighted by molar-refractivity contribution is -0.122. The number of carbonyl (C=O) groups excluding carboxylic acids is 2. The van der Waals surface area contributed by atoms with Gasteiger partial charge in [0.25, 0.3) is 0 Å². The molecule has 0 saturated carbocycles. The molecule has 2 amide bonds. The van der Waals surface area contributed by atoms with Gasteiger partial charge in [0.1, 0.15) is 0 Å². The SMILES string of the molecule is CC1CN(CC(=O)NCc2ccccc2)c2ccccc2N(Cc2ccccc2)C1=O. The minimum Gasteiger partial charge on any atom is -0.360 e. The maximum atomic E-state index is 13.3. The van der Waals surface area contributed by atoms with Crippen LogP contribution in [0.3, 0.4) is 0 Å². The van der Waals surface area contributed by atoms with Crippen molar-refractivity contribution in [3.63, 3.8) is 0 Å².